The number of carbonyl (C=O) groups is 1. The zero-order chi connectivity index (χ0) is 11.3. The van der Waals surface area contributed by atoms with Gasteiger partial charge in [0.25, 0.3) is 0 Å². The minimum Gasteiger partial charge on any atom is -0.292 e. The molecule has 15 heavy (non-hydrogen) atoms. The number of hydrogen-bond donors (Lipinski definition) is 0. The van der Waals surface area contributed by atoms with Crippen LogP contribution in [0.5, 0.6) is 0 Å². The van der Waals surface area contributed by atoms with Crippen LogP contribution in [0.15, 0.2) is 24.3 Å². The van der Waals surface area contributed by atoms with Crippen LogP contribution in [0.2, 0.25) is 5.02 Å². The van der Waals surface area contributed by atoms with E-state index in [-0.39, 0.29) is 12.4 Å². The highest BCUT2D eigenvalue weighted by molar-refractivity contribution is 7.17. The van der Waals surface area contributed by atoms with Gasteiger partial charge in [0.05, 0.1) is 11.6 Å². The van der Waals surface area contributed by atoms with E-state index in [1.165, 1.54) is 0 Å². The van der Waals surface area contributed by atoms with Crippen molar-refractivity contribution in [2.45, 2.75) is 5.38 Å². The van der Waals surface area contributed by atoms with E-state index in [2.05, 4.69) is 4.52 Å². The molecule has 80 valence electrons. The Morgan fingerprint density at radius 1 is 1.47 bits per heavy atom. The lowest BCUT2D eigenvalue weighted by Crippen LogP contribution is -2.19. The van der Waals surface area contributed by atoms with Crippen LogP contribution in [0.1, 0.15) is 10.4 Å². The minimum atomic E-state index is -0.883. The van der Waals surface area contributed by atoms with Gasteiger partial charge in [-0.25, -0.2) is 4.57 Å². The SMILES string of the molecule is O=POCC(Cl)C(=O)c1ccccc1Cl. The van der Waals surface area contributed by atoms with Gasteiger partial charge in [-0.15, -0.1) is 11.6 Å². The molecule has 0 N–H and O–H groups in total. The third-order valence-electron chi connectivity index (χ3n) is 1.70. The first-order valence-electron chi connectivity index (χ1n) is 4.04. The fourth-order valence-electron chi connectivity index (χ4n) is 1.00. The van der Waals surface area contributed by atoms with Gasteiger partial charge in [-0.2, -0.15) is 0 Å². The first-order valence-corrected chi connectivity index (χ1v) is 5.58. The minimum absolute atomic E-state index is 0.114. The summed E-state index contributed by atoms with van der Waals surface area (Å²) in [5.74, 6) is -0.342. The van der Waals surface area contributed by atoms with Crippen molar-refractivity contribution in [1.82, 2.24) is 0 Å². The third kappa shape index (κ3) is 3.54. The Balaban J connectivity index is 2.76. The Kier molecular flexibility index (Phi) is 5.20. The van der Waals surface area contributed by atoms with E-state index in [1.807, 2.05) is 0 Å². The second-order valence-electron chi connectivity index (χ2n) is 2.68. The number of benzene rings is 1. The number of rotatable bonds is 5. The molecule has 3 nitrogen and oxygen atoms in total. The van der Waals surface area contributed by atoms with Gasteiger partial charge in [0.2, 0.25) is 0 Å². The molecular formula is C9H7Cl2O3P. The van der Waals surface area contributed by atoms with Crippen LogP contribution in [-0.4, -0.2) is 17.8 Å². The molecule has 0 amide bonds. The highest BCUT2D eigenvalue weighted by Gasteiger charge is 2.19. The molecule has 0 aliphatic rings. The first kappa shape index (κ1) is 12.6. The van der Waals surface area contributed by atoms with Crippen LogP contribution in [0.4, 0.5) is 0 Å². The highest BCUT2D eigenvalue weighted by Crippen LogP contribution is 2.19. The number of ketones is 1. The molecule has 1 aromatic rings. The second kappa shape index (κ2) is 6.19. The van der Waals surface area contributed by atoms with Crippen molar-refractivity contribution < 1.29 is 13.9 Å². The summed E-state index contributed by atoms with van der Waals surface area (Å²) in [4.78, 5) is 11.7. The molecule has 1 rings (SSSR count). The van der Waals surface area contributed by atoms with Gasteiger partial charge in [0.1, 0.15) is 5.38 Å². The maximum atomic E-state index is 11.7. The Morgan fingerprint density at radius 3 is 2.73 bits per heavy atom. The van der Waals surface area contributed by atoms with Crippen molar-refractivity contribution >= 4 is 37.7 Å². The van der Waals surface area contributed by atoms with Crippen LogP contribution >= 0.6 is 31.9 Å². The molecule has 0 radical (unpaired) electrons. The quantitative estimate of drug-likeness (QED) is 0.465. The van der Waals surface area contributed by atoms with Gasteiger partial charge in [0.15, 0.2) is 5.78 Å². The van der Waals surface area contributed by atoms with E-state index in [9.17, 15) is 9.36 Å². The molecule has 1 unspecified atom stereocenters. The van der Waals surface area contributed by atoms with E-state index in [4.69, 9.17) is 23.2 Å². The van der Waals surface area contributed by atoms with Gasteiger partial charge in [-0.3, -0.25) is 9.32 Å². The maximum absolute atomic E-state index is 11.7. The summed E-state index contributed by atoms with van der Waals surface area (Å²) >= 11 is 11.6. The van der Waals surface area contributed by atoms with Crippen LogP contribution in [0.25, 0.3) is 0 Å². The molecular weight excluding hydrogens is 258 g/mol. The molecule has 0 aliphatic carbocycles. The van der Waals surface area contributed by atoms with Crippen molar-refractivity contribution in [3.63, 3.8) is 0 Å². The van der Waals surface area contributed by atoms with Gasteiger partial charge in [0, 0.05) is 5.56 Å². The van der Waals surface area contributed by atoms with Crippen LogP contribution in [0, 0.1) is 0 Å². The number of carbonyl (C=O) groups excluding carboxylic acids is 1. The normalized spacial score (nSPS) is 12.7. The Labute approximate surface area is 98.6 Å². The lowest BCUT2D eigenvalue weighted by atomic mass is 10.1. The Hall–Kier alpha value is -0.470. The summed E-state index contributed by atoms with van der Waals surface area (Å²) < 4.78 is 14.5. The molecule has 0 bridgehead atoms. The lowest BCUT2D eigenvalue weighted by molar-refractivity contribution is 0.0970. The molecule has 0 fully saturated rings. The van der Waals surface area contributed by atoms with Gasteiger partial charge in [-0.05, 0) is 12.1 Å². The summed E-state index contributed by atoms with van der Waals surface area (Å²) in [5.41, 5.74) is 0.338. The van der Waals surface area contributed by atoms with Gasteiger partial charge < -0.3 is 0 Å². The highest BCUT2D eigenvalue weighted by atomic mass is 35.5. The van der Waals surface area contributed by atoms with Crippen molar-refractivity contribution in [1.29, 1.82) is 0 Å². The largest absolute Gasteiger partial charge is 0.327 e. The predicted octanol–water partition coefficient (Wildman–Crippen LogP) is 3.35. The summed E-state index contributed by atoms with van der Waals surface area (Å²) in [5, 5.41) is -0.542. The Bertz CT molecular complexity index is 370. The fourth-order valence-corrected chi connectivity index (χ4v) is 1.71. The standard InChI is InChI=1S/C9H7Cl2O3P/c10-7-4-2-1-3-6(7)9(12)8(11)5-14-15-13/h1-4,8H,5H2. The number of hydrogen-bond acceptors (Lipinski definition) is 3. The Morgan fingerprint density at radius 2 is 2.13 bits per heavy atom. The van der Waals surface area contributed by atoms with E-state index in [0.717, 1.165) is 0 Å². The summed E-state index contributed by atoms with van der Waals surface area (Å²) in [6.45, 7) is -0.114. The van der Waals surface area contributed by atoms with Crippen LogP contribution < -0.4 is 0 Å². The fraction of sp³-hybridized carbons (Fsp3) is 0.222. The average Bonchev–Trinajstić information content (AvgIpc) is 2.25. The van der Waals surface area contributed by atoms with E-state index in [0.29, 0.717) is 10.6 Å². The van der Waals surface area contributed by atoms with E-state index < -0.39 is 14.1 Å². The second-order valence-corrected chi connectivity index (χ2v) is 4.02. The third-order valence-corrected chi connectivity index (χ3v) is 2.61. The molecule has 0 heterocycles. The smallest absolute Gasteiger partial charge is 0.292 e. The monoisotopic (exact) mass is 264 g/mol. The average molecular weight is 265 g/mol. The van der Waals surface area contributed by atoms with E-state index >= 15 is 0 Å². The van der Waals surface area contributed by atoms with Crippen molar-refractivity contribution in [2.24, 2.45) is 0 Å². The summed E-state index contributed by atoms with van der Waals surface area (Å²) in [6.07, 6.45) is 0. The molecule has 0 aliphatic heterocycles. The molecule has 1 atom stereocenters. The molecule has 6 heteroatoms. The maximum Gasteiger partial charge on any atom is 0.327 e. The molecule has 1 aromatic carbocycles. The van der Waals surface area contributed by atoms with E-state index in [1.54, 1.807) is 24.3 Å². The van der Waals surface area contributed by atoms with Gasteiger partial charge in [-0.1, -0.05) is 23.7 Å². The number of halogens is 2. The summed E-state index contributed by atoms with van der Waals surface area (Å²) in [6, 6.07) is 6.59. The lowest BCUT2D eigenvalue weighted by Gasteiger charge is -2.07. The number of alkyl halides is 1. The van der Waals surface area contributed by atoms with Crippen molar-refractivity contribution in [2.75, 3.05) is 6.61 Å². The number of Topliss-reactive ketones (excluding diaryl/α,β-unsaturated/α-hetero) is 1. The predicted molar refractivity (Wildman–Crippen MR) is 59.0 cm³/mol. The van der Waals surface area contributed by atoms with Crippen LogP contribution in [-0.2, 0) is 9.09 Å². The zero-order valence-electron chi connectivity index (χ0n) is 7.52. The zero-order valence-corrected chi connectivity index (χ0v) is 9.93. The summed E-state index contributed by atoms with van der Waals surface area (Å²) in [7, 11) is -0.497. The molecule has 0 saturated heterocycles. The molecule has 0 saturated carbocycles. The van der Waals surface area contributed by atoms with Gasteiger partial charge >= 0.3 is 8.69 Å². The van der Waals surface area contributed by atoms with Crippen molar-refractivity contribution in [3.05, 3.63) is 34.9 Å². The molecule has 0 spiro atoms. The topological polar surface area (TPSA) is 43.4 Å². The first-order chi connectivity index (χ1) is 7.16. The van der Waals surface area contributed by atoms with Crippen LogP contribution in [0.3, 0.4) is 0 Å². The molecule has 0 aromatic heterocycles. The van der Waals surface area contributed by atoms with Crippen molar-refractivity contribution in [3.8, 4) is 0 Å².